The Morgan fingerprint density at radius 2 is 1.04 bits per heavy atom. The molecule has 0 aromatic rings. The molecule has 0 saturated heterocycles. The maximum Gasteiger partial charge on any atom is 0.473 e. The molecule has 0 aromatic carbocycles. The number of aliphatic hydroxyl groups excluding tert-OH is 2. The number of phosphoric acid groups is 1. The van der Waals surface area contributed by atoms with Crippen LogP contribution in [0.1, 0.15) is 168 Å². The van der Waals surface area contributed by atoms with Crippen molar-refractivity contribution < 1.29 is 38.3 Å². The van der Waals surface area contributed by atoms with Gasteiger partial charge in [0.25, 0.3) is 0 Å². The van der Waals surface area contributed by atoms with Crippen LogP contribution in [0.15, 0.2) is 24.3 Å². The van der Waals surface area contributed by atoms with Gasteiger partial charge in [-0.2, -0.15) is 0 Å². The lowest BCUT2D eigenvalue weighted by Gasteiger charge is -2.35. The second-order valence-corrected chi connectivity index (χ2v) is 14.1. The van der Waals surface area contributed by atoms with Crippen molar-refractivity contribution in [2.45, 2.75) is 180 Å². The lowest BCUT2D eigenvalue weighted by molar-refractivity contribution is -0.164. The number of hydrogen-bond acceptors (Lipinski definition) is 8. The Morgan fingerprint density at radius 1 is 0.681 bits per heavy atom. The molecule has 9 nitrogen and oxygen atoms in total. The van der Waals surface area contributed by atoms with Crippen LogP contribution in [0.2, 0.25) is 0 Å². The number of Topliss-reactive ketones (excluding diaryl/α,β-unsaturated/α-hetero) is 2. The quantitative estimate of drug-likeness (QED) is 0.0221. The van der Waals surface area contributed by atoms with Crippen LogP contribution >= 0.6 is 7.82 Å². The van der Waals surface area contributed by atoms with Gasteiger partial charge in [0.15, 0.2) is 11.6 Å². The summed E-state index contributed by atoms with van der Waals surface area (Å²) in [6, 6.07) is 0. The Kier molecular flexibility index (Phi) is 30.1. The summed E-state index contributed by atoms with van der Waals surface area (Å²) >= 11 is 0. The van der Waals surface area contributed by atoms with E-state index in [1.807, 2.05) is 0 Å². The predicted octanol–water partition coefficient (Wildman–Crippen LogP) is 8.82. The van der Waals surface area contributed by atoms with Gasteiger partial charge in [-0.3, -0.25) is 18.6 Å². The first kappa shape index (κ1) is 45.8. The summed E-state index contributed by atoms with van der Waals surface area (Å²) < 4.78 is 22.8. The summed E-state index contributed by atoms with van der Waals surface area (Å²) in [5.41, 5.74) is 2.70. The predicted molar refractivity (Wildman–Crippen MR) is 192 cm³/mol. The molecule has 2 atom stereocenters. The monoisotopic (exact) mass is 687 g/mol. The lowest BCUT2D eigenvalue weighted by atomic mass is 9.82. The summed E-state index contributed by atoms with van der Waals surface area (Å²) in [5.74, 6) is -1.63. The van der Waals surface area contributed by atoms with Crippen molar-refractivity contribution in [1.82, 2.24) is 0 Å². The highest BCUT2D eigenvalue weighted by atomic mass is 31.2. The maximum absolute atomic E-state index is 13.5. The molecule has 0 radical (unpaired) electrons. The van der Waals surface area contributed by atoms with E-state index in [0.29, 0.717) is 12.8 Å². The highest BCUT2D eigenvalue weighted by Gasteiger charge is 2.55. The molecule has 0 fully saturated rings. The topological polar surface area (TPSA) is 156 Å². The van der Waals surface area contributed by atoms with Crippen LogP contribution < -0.4 is 5.73 Å². The zero-order valence-corrected chi connectivity index (χ0v) is 30.8. The van der Waals surface area contributed by atoms with E-state index in [2.05, 4.69) is 38.2 Å². The minimum absolute atomic E-state index is 0.0884. The lowest BCUT2D eigenvalue weighted by Crippen LogP contribution is -2.58. The minimum atomic E-state index is -4.95. The number of hydrogen-bond donors (Lipinski definition) is 4. The van der Waals surface area contributed by atoms with E-state index in [9.17, 15) is 29.3 Å². The number of nitrogens with two attached hydrogens (primary N) is 1. The zero-order valence-electron chi connectivity index (χ0n) is 29.9. The molecule has 5 N–H and O–H groups in total. The Bertz CT molecular complexity index is 830. The number of aliphatic hydroxyl groups is 2. The standard InChI is InChI=1S/C37H70NO8P/c1-3-5-7-9-11-13-15-17-19-21-23-25-27-29-34(40)37(36(42)33-39,46-47(43,44)45-32-31-38)35(41)30-28-26-24-22-20-18-16-14-12-10-8-6-4-2/h13-16,36,39,42H,3-12,17-33,38H2,1-2H3,(H,43,44)/b15-13-,16-14-/t36-/m0/s1. The molecule has 0 aliphatic carbocycles. The van der Waals surface area contributed by atoms with Gasteiger partial charge in [0.2, 0.25) is 5.60 Å². The van der Waals surface area contributed by atoms with Gasteiger partial charge in [0.1, 0.15) is 6.10 Å². The van der Waals surface area contributed by atoms with E-state index in [0.717, 1.165) is 77.0 Å². The summed E-state index contributed by atoms with van der Waals surface area (Å²) in [5, 5.41) is 20.6. The number of allylic oxidation sites excluding steroid dienone is 4. The van der Waals surface area contributed by atoms with Crippen molar-refractivity contribution in [2.24, 2.45) is 5.73 Å². The highest BCUT2D eigenvalue weighted by Crippen LogP contribution is 2.49. The Hall–Kier alpha value is -1.19. The fourth-order valence-electron chi connectivity index (χ4n) is 5.57. The summed E-state index contributed by atoms with van der Waals surface area (Å²) in [4.78, 5) is 37.4. The molecule has 0 saturated carbocycles. The average Bonchev–Trinajstić information content (AvgIpc) is 3.06. The molecule has 10 heteroatoms. The molecule has 0 spiro atoms. The fourth-order valence-corrected chi connectivity index (χ4v) is 6.65. The van der Waals surface area contributed by atoms with Gasteiger partial charge in [-0.15, -0.1) is 0 Å². The van der Waals surface area contributed by atoms with E-state index in [1.54, 1.807) is 0 Å². The molecule has 0 heterocycles. The van der Waals surface area contributed by atoms with Gasteiger partial charge < -0.3 is 20.8 Å². The largest absolute Gasteiger partial charge is 0.473 e. The molecule has 0 aliphatic heterocycles. The molecule has 0 aliphatic rings. The van der Waals surface area contributed by atoms with E-state index < -0.39 is 37.7 Å². The minimum Gasteiger partial charge on any atom is -0.394 e. The first-order valence-corrected chi connectivity index (χ1v) is 20.2. The zero-order chi connectivity index (χ0) is 35.1. The van der Waals surface area contributed by atoms with Crippen molar-refractivity contribution in [1.29, 1.82) is 0 Å². The number of ketones is 2. The van der Waals surface area contributed by atoms with E-state index in [4.69, 9.17) is 14.8 Å². The second kappa shape index (κ2) is 30.8. The molecule has 0 rings (SSSR count). The normalized spacial score (nSPS) is 14.3. The van der Waals surface area contributed by atoms with Crippen LogP contribution in [-0.4, -0.2) is 58.1 Å². The number of rotatable bonds is 35. The molecule has 276 valence electrons. The Balaban J connectivity index is 4.95. The van der Waals surface area contributed by atoms with Crippen molar-refractivity contribution in [3.63, 3.8) is 0 Å². The summed E-state index contributed by atoms with van der Waals surface area (Å²) in [6.45, 7) is 2.99. The van der Waals surface area contributed by atoms with Crippen molar-refractivity contribution in [2.75, 3.05) is 19.8 Å². The van der Waals surface area contributed by atoms with Crippen LogP contribution in [0.5, 0.6) is 0 Å². The second-order valence-electron chi connectivity index (χ2n) is 12.7. The SMILES string of the molecule is CCCCCC/C=C\CCCCCCCC(=O)C(OP(=O)(O)OCCN)(C(=O)CCCCCCC/C=C\CCCCCC)[C@@H](O)CO. The summed E-state index contributed by atoms with van der Waals surface area (Å²) in [6.07, 6.45) is 29.3. The number of carbonyl (C=O) groups is 2. The smallest absolute Gasteiger partial charge is 0.394 e. The molecule has 47 heavy (non-hydrogen) atoms. The van der Waals surface area contributed by atoms with Crippen molar-refractivity contribution in [3.8, 4) is 0 Å². The molecule has 0 bridgehead atoms. The highest BCUT2D eigenvalue weighted by molar-refractivity contribution is 7.47. The van der Waals surface area contributed by atoms with Gasteiger partial charge in [-0.25, -0.2) is 4.57 Å². The van der Waals surface area contributed by atoms with Crippen LogP contribution in [0, 0.1) is 0 Å². The number of unbranched alkanes of at least 4 members (excludes halogenated alkanes) is 18. The molecule has 0 amide bonds. The Morgan fingerprint density at radius 3 is 1.40 bits per heavy atom. The van der Waals surface area contributed by atoms with Crippen molar-refractivity contribution in [3.05, 3.63) is 24.3 Å². The van der Waals surface area contributed by atoms with E-state index in [-0.39, 0.29) is 26.0 Å². The van der Waals surface area contributed by atoms with Crippen LogP contribution in [0.3, 0.4) is 0 Å². The third-order valence-electron chi connectivity index (χ3n) is 8.43. The number of carbonyl (C=O) groups excluding carboxylic acids is 2. The van der Waals surface area contributed by atoms with Crippen molar-refractivity contribution >= 4 is 19.4 Å². The Labute approximate surface area is 286 Å². The first-order chi connectivity index (χ1) is 22.7. The molecule has 1 unspecified atom stereocenters. The molecular formula is C37H70NO8P. The number of phosphoric ester groups is 1. The van der Waals surface area contributed by atoms with Gasteiger partial charge in [-0.1, -0.05) is 115 Å². The van der Waals surface area contributed by atoms with Gasteiger partial charge in [0.05, 0.1) is 13.2 Å². The van der Waals surface area contributed by atoms with E-state index >= 15 is 0 Å². The molecule has 0 aromatic heterocycles. The average molecular weight is 688 g/mol. The first-order valence-electron chi connectivity index (χ1n) is 18.7. The third kappa shape index (κ3) is 23.0. The van der Waals surface area contributed by atoms with E-state index in [1.165, 1.54) is 51.4 Å². The fraction of sp³-hybridized carbons (Fsp3) is 0.838. The van der Waals surface area contributed by atoms with Gasteiger partial charge in [-0.05, 0) is 64.2 Å². The van der Waals surface area contributed by atoms with Gasteiger partial charge in [0, 0.05) is 19.4 Å². The summed E-state index contributed by atoms with van der Waals surface area (Å²) in [7, 11) is -4.95. The molecular weight excluding hydrogens is 617 g/mol. The van der Waals surface area contributed by atoms with Crippen LogP contribution in [0.4, 0.5) is 0 Å². The van der Waals surface area contributed by atoms with Gasteiger partial charge >= 0.3 is 7.82 Å². The van der Waals surface area contributed by atoms with Crippen LogP contribution in [0.25, 0.3) is 0 Å². The maximum atomic E-state index is 13.5. The third-order valence-corrected chi connectivity index (χ3v) is 9.46. The van der Waals surface area contributed by atoms with Crippen LogP contribution in [-0.2, 0) is 23.2 Å².